The lowest BCUT2D eigenvalue weighted by atomic mass is 9.99. The topological polar surface area (TPSA) is 77.7 Å². The quantitative estimate of drug-likeness (QED) is 0.561. The van der Waals surface area contributed by atoms with Crippen molar-refractivity contribution in [2.24, 2.45) is 5.92 Å². The molecule has 3 aromatic rings. The highest BCUT2D eigenvalue weighted by Gasteiger charge is 2.21. The van der Waals surface area contributed by atoms with Gasteiger partial charge in [-0.05, 0) is 62.1 Å². The lowest BCUT2D eigenvalue weighted by Gasteiger charge is -2.30. The summed E-state index contributed by atoms with van der Waals surface area (Å²) < 4.78 is 16.8. The Kier molecular flexibility index (Phi) is 6.50. The summed E-state index contributed by atoms with van der Waals surface area (Å²) in [5, 5.41) is 4.11. The summed E-state index contributed by atoms with van der Waals surface area (Å²) in [6.07, 6.45) is 2.08. The molecule has 0 spiro atoms. The monoisotopic (exact) mass is 421 g/mol. The molecule has 31 heavy (non-hydrogen) atoms. The average Bonchev–Trinajstić information content (AvgIpc) is 3.29. The van der Waals surface area contributed by atoms with Gasteiger partial charge in [-0.1, -0.05) is 24.2 Å². The van der Waals surface area contributed by atoms with Gasteiger partial charge in [0.25, 0.3) is 11.8 Å². The summed E-state index contributed by atoms with van der Waals surface area (Å²) in [6, 6.07) is 14.9. The fourth-order valence-electron chi connectivity index (χ4n) is 3.58. The molecule has 1 aliphatic rings. The first-order valence-corrected chi connectivity index (χ1v) is 10.7. The van der Waals surface area contributed by atoms with Crippen molar-refractivity contribution in [3.8, 4) is 34.3 Å². The van der Waals surface area contributed by atoms with Crippen LogP contribution in [-0.4, -0.2) is 47.3 Å². The lowest BCUT2D eigenvalue weighted by molar-refractivity contribution is -0.134. The smallest absolute Gasteiger partial charge is 0.260 e. The van der Waals surface area contributed by atoms with Crippen LogP contribution in [0, 0.1) is 5.92 Å². The van der Waals surface area contributed by atoms with E-state index < -0.39 is 0 Å². The van der Waals surface area contributed by atoms with Gasteiger partial charge in [0.05, 0.1) is 12.2 Å². The maximum atomic E-state index is 12.5. The number of rotatable bonds is 7. The number of piperidine rings is 1. The first kappa shape index (κ1) is 20.9. The van der Waals surface area contributed by atoms with Gasteiger partial charge in [0, 0.05) is 18.7 Å². The zero-order chi connectivity index (χ0) is 21.6. The second-order valence-electron chi connectivity index (χ2n) is 7.73. The predicted octanol–water partition coefficient (Wildman–Crippen LogP) is 4.44. The largest absolute Gasteiger partial charge is 0.494 e. The van der Waals surface area contributed by atoms with Crippen LogP contribution in [0.2, 0.25) is 0 Å². The van der Waals surface area contributed by atoms with Crippen LogP contribution in [0.5, 0.6) is 11.5 Å². The molecule has 0 aliphatic carbocycles. The number of aromatic nitrogens is 2. The van der Waals surface area contributed by atoms with Crippen LogP contribution in [0.4, 0.5) is 0 Å². The predicted molar refractivity (Wildman–Crippen MR) is 117 cm³/mol. The number of likely N-dealkylation sites (tertiary alicyclic amines) is 1. The van der Waals surface area contributed by atoms with Crippen molar-refractivity contribution in [2.75, 3.05) is 26.3 Å². The average molecular weight is 421 g/mol. The number of para-hydroxylation sites is 1. The molecule has 7 heteroatoms. The van der Waals surface area contributed by atoms with Crippen molar-refractivity contribution in [2.45, 2.75) is 26.7 Å². The first-order chi connectivity index (χ1) is 15.1. The highest BCUT2D eigenvalue weighted by atomic mass is 16.5. The molecule has 1 saturated heterocycles. The molecule has 1 aliphatic heterocycles. The number of hydrogen-bond donors (Lipinski definition) is 0. The fraction of sp³-hybridized carbons (Fsp3) is 0.375. The van der Waals surface area contributed by atoms with Gasteiger partial charge in [-0.15, -0.1) is 0 Å². The molecule has 0 atom stereocenters. The Balaban J connectivity index is 1.45. The molecule has 0 unspecified atom stereocenters. The van der Waals surface area contributed by atoms with Gasteiger partial charge in [-0.3, -0.25) is 4.79 Å². The highest BCUT2D eigenvalue weighted by molar-refractivity contribution is 5.78. The van der Waals surface area contributed by atoms with E-state index in [2.05, 4.69) is 17.1 Å². The van der Waals surface area contributed by atoms with Crippen molar-refractivity contribution in [1.29, 1.82) is 0 Å². The van der Waals surface area contributed by atoms with Crippen LogP contribution >= 0.6 is 0 Å². The molecule has 162 valence electrons. The van der Waals surface area contributed by atoms with Crippen molar-refractivity contribution in [1.82, 2.24) is 15.0 Å². The molecule has 1 aromatic heterocycles. The van der Waals surface area contributed by atoms with Gasteiger partial charge >= 0.3 is 0 Å². The Morgan fingerprint density at radius 2 is 1.84 bits per heavy atom. The van der Waals surface area contributed by atoms with E-state index in [9.17, 15) is 4.79 Å². The number of ether oxygens (including phenoxy) is 2. The molecule has 0 radical (unpaired) electrons. The van der Waals surface area contributed by atoms with E-state index in [0.717, 1.165) is 37.2 Å². The van der Waals surface area contributed by atoms with Gasteiger partial charge in [0.15, 0.2) is 6.61 Å². The molecule has 1 fully saturated rings. The fourth-order valence-corrected chi connectivity index (χ4v) is 3.58. The maximum absolute atomic E-state index is 12.5. The number of nitrogens with zero attached hydrogens (tertiary/aromatic N) is 3. The zero-order valence-corrected chi connectivity index (χ0v) is 17.9. The standard InChI is InChI=1S/C24H27N3O4/c1-3-29-19-10-8-18(9-11-19)24-25-23(26-31-24)20-6-4-5-7-21(20)30-16-22(28)27-14-12-17(2)13-15-27/h4-11,17H,3,12-16H2,1-2H3. The van der Waals surface area contributed by atoms with E-state index in [1.807, 2.05) is 60.4 Å². The highest BCUT2D eigenvalue weighted by Crippen LogP contribution is 2.30. The SMILES string of the molecule is CCOc1ccc(-c2nc(-c3ccccc3OCC(=O)N3CCC(C)CC3)no2)cc1. The maximum Gasteiger partial charge on any atom is 0.260 e. The molecular formula is C24H27N3O4. The third-order valence-corrected chi connectivity index (χ3v) is 5.45. The first-order valence-electron chi connectivity index (χ1n) is 10.7. The lowest BCUT2D eigenvalue weighted by Crippen LogP contribution is -2.40. The third kappa shape index (κ3) is 5.05. The summed E-state index contributed by atoms with van der Waals surface area (Å²) in [4.78, 5) is 18.9. The van der Waals surface area contributed by atoms with Gasteiger partial charge in [0.1, 0.15) is 11.5 Å². The number of hydrogen-bond acceptors (Lipinski definition) is 6. The van der Waals surface area contributed by atoms with Crippen LogP contribution in [-0.2, 0) is 4.79 Å². The number of carbonyl (C=O) groups excluding carboxylic acids is 1. The molecule has 0 saturated carbocycles. The minimum Gasteiger partial charge on any atom is -0.494 e. The van der Waals surface area contributed by atoms with Gasteiger partial charge in [-0.2, -0.15) is 4.98 Å². The minimum atomic E-state index is -0.00497. The summed E-state index contributed by atoms with van der Waals surface area (Å²) in [5.74, 6) is 2.85. The van der Waals surface area contributed by atoms with Crippen LogP contribution in [0.15, 0.2) is 53.1 Å². The van der Waals surface area contributed by atoms with Crippen molar-refractivity contribution < 1.29 is 18.8 Å². The van der Waals surface area contributed by atoms with Crippen LogP contribution in [0.3, 0.4) is 0 Å². The van der Waals surface area contributed by atoms with E-state index in [1.54, 1.807) is 0 Å². The minimum absolute atomic E-state index is 0.00453. The summed E-state index contributed by atoms with van der Waals surface area (Å²) in [5.41, 5.74) is 1.48. The molecule has 2 aromatic carbocycles. The van der Waals surface area contributed by atoms with Crippen molar-refractivity contribution >= 4 is 5.91 Å². The molecular weight excluding hydrogens is 394 g/mol. The molecule has 0 N–H and O–H groups in total. The Hall–Kier alpha value is -3.35. The van der Waals surface area contributed by atoms with E-state index in [0.29, 0.717) is 35.6 Å². The Morgan fingerprint density at radius 1 is 1.10 bits per heavy atom. The van der Waals surface area contributed by atoms with E-state index in [1.165, 1.54) is 0 Å². The molecule has 1 amide bonds. The molecule has 7 nitrogen and oxygen atoms in total. The molecule has 2 heterocycles. The van der Waals surface area contributed by atoms with E-state index in [4.69, 9.17) is 14.0 Å². The Morgan fingerprint density at radius 3 is 2.58 bits per heavy atom. The normalized spacial score (nSPS) is 14.5. The van der Waals surface area contributed by atoms with Crippen molar-refractivity contribution in [3.63, 3.8) is 0 Å². The van der Waals surface area contributed by atoms with Gasteiger partial charge in [0.2, 0.25) is 5.82 Å². The second-order valence-corrected chi connectivity index (χ2v) is 7.73. The Bertz CT molecular complexity index is 1010. The van der Waals surface area contributed by atoms with Crippen LogP contribution < -0.4 is 9.47 Å². The van der Waals surface area contributed by atoms with Crippen LogP contribution in [0.1, 0.15) is 26.7 Å². The van der Waals surface area contributed by atoms with Gasteiger partial charge in [-0.25, -0.2) is 0 Å². The van der Waals surface area contributed by atoms with E-state index >= 15 is 0 Å². The summed E-state index contributed by atoms with van der Waals surface area (Å²) in [7, 11) is 0. The van der Waals surface area contributed by atoms with Gasteiger partial charge < -0.3 is 18.9 Å². The molecule has 0 bridgehead atoms. The number of amides is 1. The number of benzene rings is 2. The Labute approximate surface area is 182 Å². The second kappa shape index (κ2) is 9.64. The van der Waals surface area contributed by atoms with Crippen molar-refractivity contribution in [3.05, 3.63) is 48.5 Å². The zero-order valence-electron chi connectivity index (χ0n) is 17.9. The van der Waals surface area contributed by atoms with Crippen LogP contribution in [0.25, 0.3) is 22.8 Å². The molecule has 4 rings (SSSR count). The summed E-state index contributed by atoms with van der Waals surface area (Å²) in [6.45, 7) is 6.36. The summed E-state index contributed by atoms with van der Waals surface area (Å²) >= 11 is 0. The number of carbonyl (C=O) groups is 1. The third-order valence-electron chi connectivity index (χ3n) is 5.45. The van der Waals surface area contributed by atoms with E-state index in [-0.39, 0.29) is 12.5 Å².